The number of aromatic nitrogens is 1. The maximum absolute atomic E-state index is 12.7. The molecule has 1 fully saturated rings. The van der Waals surface area contributed by atoms with Crippen LogP contribution in [0.2, 0.25) is 0 Å². The predicted octanol–water partition coefficient (Wildman–Crippen LogP) is 3.78. The summed E-state index contributed by atoms with van der Waals surface area (Å²) in [6.07, 6.45) is -1.60. The molecular weight excluding hydrogens is 317 g/mol. The number of fused-ring (bicyclic) bond motifs is 2. The Balaban J connectivity index is 1.60. The Labute approximate surface area is 138 Å². The van der Waals surface area contributed by atoms with Crippen molar-refractivity contribution in [2.24, 2.45) is 0 Å². The smallest absolute Gasteiger partial charge is 0.367 e. The number of aryl methyl sites for hydroxylation is 1. The van der Waals surface area contributed by atoms with Gasteiger partial charge in [0.15, 0.2) is 0 Å². The SMILES string of the molecule is FC(F)(F)c1ccc(N2CCOC3(CCc4ccccc43)C2)nc1. The highest BCUT2D eigenvalue weighted by atomic mass is 19.4. The highest BCUT2D eigenvalue weighted by Gasteiger charge is 2.43. The summed E-state index contributed by atoms with van der Waals surface area (Å²) in [4.78, 5) is 6.05. The van der Waals surface area contributed by atoms with Crippen LogP contribution in [-0.2, 0) is 22.9 Å². The van der Waals surface area contributed by atoms with Gasteiger partial charge >= 0.3 is 6.18 Å². The van der Waals surface area contributed by atoms with Crippen molar-refractivity contribution in [2.45, 2.75) is 24.6 Å². The van der Waals surface area contributed by atoms with Gasteiger partial charge in [-0.15, -0.1) is 0 Å². The highest BCUT2D eigenvalue weighted by Crippen LogP contribution is 2.42. The second-order valence-electron chi connectivity index (χ2n) is 6.32. The zero-order chi connectivity index (χ0) is 16.8. The number of anilines is 1. The molecule has 6 heteroatoms. The molecular formula is C18H17F3N2O. The van der Waals surface area contributed by atoms with Gasteiger partial charge in [0.2, 0.25) is 0 Å². The Hall–Kier alpha value is -2.08. The summed E-state index contributed by atoms with van der Waals surface area (Å²) in [6.45, 7) is 1.78. The van der Waals surface area contributed by atoms with Gasteiger partial charge in [-0.1, -0.05) is 24.3 Å². The third-order valence-corrected chi connectivity index (χ3v) is 4.89. The van der Waals surface area contributed by atoms with Gasteiger partial charge in [0, 0.05) is 12.7 Å². The molecule has 1 saturated heterocycles. The molecule has 1 aliphatic carbocycles. The Kier molecular flexibility index (Phi) is 3.53. The van der Waals surface area contributed by atoms with E-state index in [-0.39, 0.29) is 5.60 Å². The molecule has 1 aliphatic heterocycles. The third-order valence-electron chi connectivity index (χ3n) is 4.89. The molecule has 1 unspecified atom stereocenters. The van der Waals surface area contributed by atoms with Crippen LogP contribution in [0.15, 0.2) is 42.6 Å². The predicted molar refractivity (Wildman–Crippen MR) is 83.8 cm³/mol. The van der Waals surface area contributed by atoms with Crippen molar-refractivity contribution >= 4 is 5.82 Å². The van der Waals surface area contributed by atoms with Crippen LogP contribution in [0.4, 0.5) is 19.0 Å². The summed E-state index contributed by atoms with van der Waals surface area (Å²) >= 11 is 0. The third kappa shape index (κ3) is 2.55. The largest absolute Gasteiger partial charge is 0.417 e. The minimum atomic E-state index is -4.36. The summed E-state index contributed by atoms with van der Waals surface area (Å²) in [7, 11) is 0. The van der Waals surface area contributed by atoms with Crippen molar-refractivity contribution in [3.8, 4) is 0 Å². The number of hydrogen-bond acceptors (Lipinski definition) is 3. The first-order chi connectivity index (χ1) is 11.5. The van der Waals surface area contributed by atoms with Crippen LogP contribution in [0, 0.1) is 0 Å². The molecule has 3 nitrogen and oxygen atoms in total. The van der Waals surface area contributed by atoms with Gasteiger partial charge in [0.1, 0.15) is 11.4 Å². The number of alkyl halides is 3. The van der Waals surface area contributed by atoms with Gasteiger partial charge in [0.05, 0.1) is 18.7 Å². The van der Waals surface area contributed by atoms with Crippen LogP contribution in [0.3, 0.4) is 0 Å². The monoisotopic (exact) mass is 334 g/mol. The molecule has 0 amide bonds. The molecule has 1 aromatic carbocycles. The van der Waals surface area contributed by atoms with Crippen LogP contribution in [0.5, 0.6) is 0 Å². The lowest BCUT2D eigenvalue weighted by atomic mass is 9.93. The van der Waals surface area contributed by atoms with Gasteiger partial charge in [-0.2, -0.15) is 13.2 Å². The molecule has 24 heavy (non-hydrogen) atoms. The van der Waals surface area contributed by atoms with E-state index in [4.69, 9.17) is 4.74 Å². The molecule has 2 heterocycles. The van der Waals surface area contributed by atoms with Gasteiger partial charge in [0.25, 0.3) is 0 Å². The maximum Gasteiger partial charge on any atom is 0.417 e. The Bertz CT molecular complexity index is 741. The first kappa shape index (κ1) is 15.4. The van der Waals surface area contributed by atoms with Crippen LogP contribution in [-0.4, -0.2) is 24.7 Å². The lowest BCUT2D eigenvalue weighted by Gasteiger charge is -2.41. The number of hydrogen-bond donors (Lipinski definition) is 0. The molecule has 0 saturated carbocycles. The number of ether oxygens (including phenoxy) is 1. The maximum atomic E-state index is 12.7. The van der Waals surface area contributed by atoms with Crippen molar-refractivity contribution in [1.82, 2.24) is 4.98 Å². The molecule has 2 aliphatic rings. The fraction of sp³-hybridized carbons (Fsp3) is 0.389. The second-order valence-corrected chi connectivity index (χ2v) is 6.32. The minimum absolute atomic E-state index is 0.376. The van der Waals surface area contributed by atoms with Gasteiger partial charge < -0.3 is 9.64 Å². The Morgan fingerprint density at radius 1 is 1.12 bits per heavy atom. The van der Waals surface area contributed by atoms with E-state index in [1.54, 1.807) is 0 Å². The highest BCUT2D eigenvalue weighted by molar-refractivity contribution is 5.45. The fourth-order valence-corrected chi connectivity index (χ4v) is 3.69. The van der Waals surface area contributed by atoms with Gasteiger partial charge in [-0.05, 0) is 36.1 Å². The molecule has 126 valence electrons. The first-order valence-corrected chi connectivity index (χ1v) is 7.98. The summed E-state index contributed by atoms with van der Waals surface area (Å²) < 4.78 is 44.2. The summed E-state index contributed by atoms with van der Waals surface area (Å²) in [5, 5.41) is 0. The van der Waals surface area contributed by atoms with Crippen molar-refractivity contribution < 1.29 is 17.9 Å². The number of halogens is 3. The number of morpholine rings is 1. The van der Waals surface area contributed by atoms with E-state index in [1.807, 2.05) is 17.0 Å². The first-order valence-electron chi connectivity index (χ1n) is 7.98. The molecule has 0 N–H and O–H groups in total. The molecule has 1 aromatic heterocycles. The standard InChI is InChI=1S/C18H17F3N2O/c19-18(20,21)14-5-6-16(22-11-14)23-9-10-24-17(12-23)8-7-13-3-1-2-4-15(13)17/h1-6,11H,7-10,12H2. The van der Waals surface area contributed by atoms with Gasteiger partial charge in [-0.3, -0.25) is 0 Å². The van der Waals surface area contributed by atoms with Crippen LogP contribution < -0.4 is 4.90 Å². The molecule has 0 radical (unpaired) electrons. The van der Waals surface area contributed by atoms with E-state index >= 15 is 0 Å². The molecule has 1 spiro atoms. The normalized spacial score (nSPS) is 23.5. The second kappa shape index (κ2) is 5.48. The fourth-order valence-electron chi connectivity index (χ4n) is 3.69. The van der Waals surface area contributed by atoms with Crippen LogP contribution in [0.25, 0.3) is 0 Å². The average Bonchev–Trinajstić information content (AvgIpc) is 2.93. The summed E-state index contributed by atoms with van der Waals surface area (Å²) in [6, 6.07) is 10.8. The van der Waals surface area contributed by atoms with E-state index in [1.165, 1.54) is 17.2 Å². The zero-order valence-electron chi connectivity index (χ0n) is 13.0. The lowest BCUT2D eigenvalue weighted by Crippen LogP contribution is -2.49. The van der Waals surface area contributed by atoms with Gasteiger partial charge in [-0.25, -0.2) is 4.98 Å². The quantitative estimate of drug-likeness (QED) is 0.794. The topological polar surface area (TPSA) is 25.4 Å². The number of pyridine rings is 1. The summed E-state index contributed by atoms with van der Waals surface area (Å²) in [5.74, 6) is 0.565. The van der Waals surface area contributed by atoms with E-state index < -0.39 is 11.7 Å². The Morgan fingerprint density at radius 2 is 1.96 bits per heavy atom. The van der Waals surface area contributed by atoms with E-state index in [0.29, 0.717) is 25.5 Å². The zero-order valence-corrected chi connectivity index (χ0v) is 13.0. The molecule has 0 bridgehead atoms. The van der Waals surface area contributed by atoms with Crippen LogP contribution >= 0.6 is 0 Å². The van der Waals surface area contributed by atoms with Crippen molar-refractivity contribution in [3.63, 3.8) is 0 Å². The van der Waals surface area contributed by atoms with E-state index in [2.05, 4.69) is 17.1 Å². The summed E-state index contributed by atoms with van der Waals surface area (Å²) in [5.41, 5.74) is 1.39. The minimum Gasteiger partial charge on any atom is -0.367 e. The van der Waals surface area contributed by atoms with Crippen molar-refractivity contribution in [2.75, 3.05) is 24.6 Å². The van der Waals surface area contributed by atoms with Crippen LogP contribution in [0.1, 0.15) is 23.1 Å². The Morgan fingerprint density at radius 3 is 2.71 bits per heavy atom. The van der Waals surface area contributed by atoms with Crippen molar-refractivity contribution in [1.29, 1.82) is 0 Å². The van der Waals surface area contributed by atoms with E-state index in [0.717, 1.165) is 25.1 Å². The molecule has 2 aromatic rings. The van der Waals surface area contributed by atoms with E-state index in [9.17, 15) is 13.2 Å². The molecule has 4 rings (SSSR count). The number of nitrogens with zero attached hydrogens (tertiary/aromatic N) is 2. The molecule has 1 atom stereocenters. The lowest BCUT2D eigenvalue weighted by molar-refractivity contribution is -0.137. The number of rotatable bonds is 1. The number of benzene rings is 1. The average molecular weight is 334 g/mol. The van der Waals surface area contributed by atoms with Crippen molar-refractivity contribution in [3.05, 3.63) is 59.3 Å².